The van der Waals surface area contributed by atoms with E-state index in [2.05, 4.69) is 10.3 Å². The molecular weight excluding hydrogens is 214 g/mol. The lowest BCUT2D eigenvalue weighted by Gasteiger charge is -2.08. The van der Waals surface area contributed by atoms with E-state index in [4.69, 9.17) is 5.14 Å². The molecule has 0 fully saturated rings. The van der Waals surface area contributed by atoms with E-state index in [1.165, 1.54) is 12.3 Å². The summed E-state index contributed by atoms with van der Waals surface area (Å²) in [6, 6.07) is 3.45. The number of nitrogens with two attached hydrogens (primary N) is 1. The molecular formula is C9H15N3O2S. The molecule has 0 aliphatic rings. The Balaban J connectivity index is 2.82. The van der Waals surface area contributed by atoms with E-state index in [1.807, 2.05) is 14.0 Å². The highest BCUT2D eigenvalue weighted by Crippen LogP contribution is 2.06. The van der Waals surface area contributed by atoms with Crippen molar-refractivity contribution in [2.24, 2.45) is 5.14 Å². The van der Waals surface area contributed by atoms with Gasteiger partial charge in [-0.05, 0) is 26.1 Å². The zero-order valence-electron chi connectivity index (χ0n) is 8.77. The minimum absolute atomic E-state index is 0.0448. The van der Waals surface area contributed by atoms with Crippen LogP contribution in [0, 0.1) is 0 Å². The number of likely N-dealkylation sites (N-methyl/N-ethyl adjacent to an activating group) is 1. The van der Waals surface area contributed by atoms with E-state index in [-0.39, 0.29) is 4.90 Å². The van der Waals surface area contributed by atoms with Crippen LogP contribution in [0.4, 0.5) is 0 Å². The van der Waals surface area contributed by atoms with Crippen molar-refractivity contribution in [2.75, 3.05) is 7.05 Å². The number of sulfonamides is 1. The van der Waals surface area contributed by atoms with Crippen LogP contribution >= 0.6 is 0 Å². The van der Waals surface area contributed by atoms with Crippen LogP contribution in [0.5, 0.6) is 0 Å². The molecule has 0 spiro atoms. The molecule has 5 nitrogen and oxygen atoms in total. The number of hydrogen-bond acceptors (Lipinski definition) is 4. The number of nitrogens with one attached hydrogen (secondary N) is 1. The Morgan fingerprint density at radius 3 is 2.60 bits per heavy atom. The van der Waals surface area contributed by atoms with Gasteiger partial charge in [-0.1, -0.05) is 0 Å². The molecule has 0 bridgehead atoms. The fraction of sp³-hybridized carbons (Fsp3) is 0.444. The Kier molecular flexibility index (Phi) is 3.78. The first-order chi connectivity index (χ1) is 6.93. The maximum absolute atomic E-state index is 10.9. The quantitative estimate of drug-likeness (QED) is 0.753. The normalized spacial score (nSPS) is 13.8. The smallest absolute Gasteiger partial charge is 0.239 e. The fourth-order valence-corrected chi connectivity index (χ4v) is 1.57. The number of aromatic nitrogens is 1. The molecule has 1 unspecified atom stereocenters. The molecule has 0 radical (unpaired) electrons. The minimum atomic E-state index is -3.63. The van der Waals surface area contributed by atoms with Crippen LogP contribution in [0.3, 0.4) is 0 Å². The zero-order valence-corrected chi connectivity index (χ0v) is 9.58. The van der Waals surface area contributed by atoms with Crippen molar-refractivity contribution in [1.82, 2.24) is 10.3 Å². The number of primary sulfonamides is 1. The Bertz CT molecular complexity index is 413. The van der Waals surface area contributed by atoms with E-state index in [1.54, 1.807) is 6.07 Å². The highest BCUT2D eigenvalue weighted by molar-refractivity contribution is 7.89. The molecule has 6 heteroatoms. The first-order valence-electron chi connectivity index (χ1n) is 4.58. The second kappa shape index (κ2) is 4.69. The number of hydrogen-bond donors (Lipinski definition) is 2. The summed E-state index contributed by atoms with van der Waals surface area (Å²) in [5.74, 6) is 0. The van der Waals surface area contributed by atoms with Crippen molar-refractivity contribution in [3.05, 3.63) is 24.0 Å². The van der Waals surface area contributed by atoms with Crippen LogP contribution < -0.4 is 10.5 Å². The molecule has 0 saturated heterocycles. The summed E-state index contributed by atoms with van der Waals surface area (Å²) in [5.41, 5.74) is 0.837. The van der Waals surface area contributed by atoms with Crippen molar-refractivity contribution in [1.29, 1.82) is 0 Å². The van der Waals surface area contributed by atoms with Crippen molar-refractivity contribution in [3.63, 3.8) is 0 Å². The minimum Gasteiger partial charge on any atom is -0.317 e. The maximum atomic E-state index is 10.9. The first kappa shape index (κ1) is 12.1. The lowest BCUT2D eigenvalue weighted by molar-refractivity contribution is 0.594. The van der Waals surface area contributed by atoms with Crippen LogP contribution in [0.25, 0.3) is 0 Å². The summed E-state index contributed by atoms with van der Waals surface area (Å²) < 4.78 is 21.9. The van der Waals surface area contributed by atoms with E-state index in [0.29, 0.717) is 6.04 Å². The van der Waals surface area contributed by atoms with Gasteiger partial charge >= 0.3 is 0 Å². The zero-order chi connectivity index (χ0) is 11.5. The lowest BCUT2D eigenvalue weighted by atomic mass is 10.2. The molecule has 0 saturated carbocycles. The molecule has 1 aromatic heterocycles. The monoisotopic (exact) mass is 229 g/mol. The standard InChI is InChI=1S/C9H15N3O2S/c1-7(11-2)5-8-3-4-9(6-12-8)15(10,13)14/h3-4,6-7,11H,5H2,1-2H3,(H2,10,13,14). The molecule has 3 N–H and O–H groups in total. The van der Waals surface area contributed by atoms with Gasteiger partial charge in [-0.15, -0.1) is 0 Å². The predicted molar refractivity (Wildman–Crippen MR) is 57.8 cm³/mol. The summed E-state index contributed by atoms with van der Waals surface area (Å²) in [5, 5.41) is 8.03. The summed E-state index contributed by atoms with van der Waals surface area (Å²) in [6.07, 6.45) is 2.04. The van der Waals surface area contributed by atoms with Gasteiger partial charge in [0.1, 0.15) is 4.90 Å². The highest BCUT2D eigenvalue weighted by atomic mass is 32.2. The van der Waals surface area contributed by atoms with Gasteiger partial charge in [0.2, 0.25) is 10.0 Å². The van der Waals surface area contributed by atoms with Gasteiger partial charge in [-0.3, -0.25) is 4.98 Å². The maximum Gasteiger partial charge on any atom is 0.239 e. The van der Waals surface area contributed by atoms with E-state index in [0.717, 1.165) is 12.1 Å². The van der Waals surface area contributed by atoms with Crippen LogP contribution in [0.15, 0.2) is 23.2 Å². The Morgan fingerprint density at radius 1 is 1.53 bits per heavy atom. The number of nitrogens with zero attached hydrogens (tertiary/aromatic N) is 1. The van der Waals surface area contributed by atoms with Crippen LogP contribution in [0.1, 0.15) is 12.6 Å². The van der Waals surface area contributed by atoms with Crippen LogP contribution in [-0.4, -0.2) is 26.5 Å². The molecule has 1 heterocycles. The SMILES string of the molecule is CNC(C)Cc1ccc(S(N)(=O)=O)cn1. The number of rotatable bonds is 4. The van der Waals surface area contributed by atoms with Crippen LogP contribution in [0.2, 0.25) is 0 Å². The third kappa shape index (κ3) is 3.58. The third-order valence-corrected chi connectivity index (χ3v) is 3.03. The molecule has 0 amide bonds. The van der Waals surface area contributed by atoms with Crippen molar-refractivity contribution < 1.29 is 8.42 Å². The van der Waals surface area contributed by atoms with Gasteiger partial charge in [0, 0.05) is 24.4 Å². The molecule has 15 heavy (non-hydrogen) atoms. The molecule has 1 aromatic rings. The largest absolute Gasteiger partial charge is 0.317 e. The average Bonchev–Trinajstić information content (AvgIpc) is 2.17. The molecule has 1 rings (SSSR count). The Morgan fingerprint density at radius 2 is 2.20 bits per heavy atom. The van der Waals surface area contributed by atoms with Gasteiger partial charge in [0.05, 0.1) is 0 Å². The van der Waals surface area contributed by atoms with Gasteiger partial charge in [-0.2, -0.15) is 0 Å². The van der Waals surface area contributed by atoms with Gasteiger partial charge in [0.25, 0.3) is 0 Å². The van der Waals surface area contributed by atoms with Crippen molar-refractivity contribution in [2.45, 2.75) is 24.3 Å². The average molecular weight is 229 g/mol. The predicted octanol–water partition coefficient (Wildman–Crippen LogP) is -0.121. The van der Waals surface area contributed by atoms with Gasteiger partial charge < -0.3 is 5.32 Å². The molecule has 84 valence electrons. The Hall–Kier alpha value is -0.980. The first-order valence-corrected chi connectivity index (χ1v) is 6.13. The third-order valence-electron chi connectivity index (χ3n) is 2.13. The lowest BCUT2D eigenvalue weighted by Crippen LogP contribution is -2.24. The summed E-state index contributed by atoms with van der Waals surface area (Å²) in [4.78, 5) is 4.08. The molecule has 0 aliphatic heterocycles. The summed E-state index contributed by atoms with van der Waals surface area (Å²) in [6.45, 7) is 2.02. The van der Waals surface area contributed by atoms with Crippen molar-refractivity contribution >= 4 is 10.0 Å². The van der Waals surface area contributed by atoms with E-state index in [9.17, 15) is 8.42 Å². The topological polar surface area (TPSA) is 85.1 Å². The molecule has 1 atom stereocenters. The van der Waals surface area contributed by atoms with Gasteiger partial charge in [-0.25, -0.2) is 13.6 Å². The second-order valence-electron chi connectivity index (χ2n) is 3.42. The fourth-order valence-electron chi connectivity index (χ4n) is 1.12. The van der Waals surface area contributed by atoms with E-state index >= 15 is 0 Å². The highest BCUT2D eigenvalue weighted by Gasteiger charge is 2.08. The molecule has 0 aromatic carbocycles. The summed E-state index contributed by atoms with van der Waals surface area (Å²) in [7, 11) is -1.77. The molecule has 0 aliphatic carbocycles. The van der Waals surface area contributed by atoms with E-state index < -0.39 is 10.0 Å². The van der Waals surface area contributed by atoms with Crippen LogP contribution in [-0.2, 0) is 16.4 Å². The Labute approximate surface area is 89.8 Å². The second-order valence-corrected chi connectivity index (χ2v) is 4.99. The summed E-state index contributed by atoms with van der Waals surface area (Å²) >= 11 is 0. The van der Waals surface area contributed by atoms with Crippen molar-refractivity contribution in [3.8, 4) is 0 Å². The number of pyridine rings is 1. The van der Waals surface area contributed by atoms with Gasteiger partial charge in [0.15, 0.2) is 0 Å².